The van der Waals surface area contributed by atoms with Crippen molar-refractivity contribution in [3.63, 3.8) is 0 Å². The summed E-state index contributed by atoms with van der Waals surface area (Å²) in [6, 6.07) is 4.94. The van der Waals surface area contributed by atoms with Gasteiger partial charge in [0.2, 0.25) is 5.91 Å². The van der Waals surface area contributed by atoms with E-state index >= 15 is 0 Å². The molecule has 1 rings (SSSR count). The Labute approximate surface area is 109 Å². The largest absolute Gasteiger partial charge is 0.330 e. The van der Waals surface area contributed by atoms with Crippen LogP contribution in [0.4, 0.5) is 5.69 Å². The molecule has 0 unspecified atom stereocenters. The fourth-order valence-corrected chi connectivity index (χ4v) is 2.05. The van der Waals surface area contributed by atoms with Gasteiger partial charge < -0.3 is 11.1 Å². The highest BCUT2D eigenvalue weighted by Gasteiger charge is 2.05. The minimum atomic E-state index is -0.0947. The van der Waals surface area contributed by atoms with Crippen LogP contribution in [-0.2, 0) is 4.79 Å². The summed E-state index contributed by atoms with van der Waals surface area (Å²) in [6.45, 7) is 0.569. The first-order chi connectivity index (χ1) is 7.63. The first-order valence-corrected chi connectivity index (χ1v) is 6.57. The third-order valence-corrected chi connectivity index (χ3v) is 3.24. The Kier molecular flexibility index (Phi) is 5.98. The molecule has 0 aliphatic rings. The number of rotatable bonds is 5. The van der Waals surface area contributed by atoms with Crippen LogP contribution < -0.4 is 11.1 Å². The molecule has 0 heterocycles. The average Bonchev–Trinajstić information content (AvgIpc) is 2.23. The molecule has 6 heteroatoms. The van der Waals surface area contributed by atoms with Gasteiger partial charge in [-0.15, -0.1) is 0 Å². The van der Waals surface area contributed by atoms with Crippen LogP contribution in [0.1, 0.15) is 0 Å². The summed E-state index contributed by atoms with van der Waals surface area (Å²) in [5, 5.41) is 3.68. The number of halogens is 2. The number of nitrogens with one attached hydrogen (secondary N) is 1. The van der Waals surface area contributed by atoms with E-state index < -0.39 is 0 Å². The third kappa shape index (κ3) is 4.61. The maximum absolute atomic E-state index is 11.5. The number of hydrogen-bond donors (Lipinski definition) is 2. The number of carbonyl (C=O) groups is 1. The summed E-state index contributed by atoms with van der Waals surface area (Å²) in [5.41, 5.74) is 5.89. The highest BCUT2D eigenvalue weighted by Crippen LogP contribution is 2.25. The van der Waals surface area contributed by atoms with Crippen LogP contribution >= 0.6 is 35.0 Å². The number of carbonyl (C=O) groups excluding carboxylic acids is 1. The van der Waals surface area contributed by atoms with Crippen molar-refractivity contribution in [2.75, 3.05) is 23.4 Å². The zero-order valence-electron chi connectivity index (χ0n) is 8.50. The fourth-order valence-electron chi connectivity index (χ4n) is 1.03. The van der Waals surface area contributed by atoms with Gasteiger partial charge in [0.1, 0.15) is 0 Å². The number of hydrogen-bond acceptors (Lipinski definition) is 3. The molecule has 1 aromatic rings. The Morgan fingerprint density at radius 1 is 1.44 bits per heavy atom. The lowest BCUT2D eigenvalue weighted by atomic mass is 10.3. The molecule has 0 atom stereocenters. The Morgan fingerprint density at radius 3 is 2.81 bits per heavy atom. The van der Waals surface area contributed by atoms with Crippen molar-refractivity contribution in [1.29, 1.82) is 0 Å². The predicted octanol–water partition coefficient (Wildman–Crippen LogP) is 2.62. The minimum absolute atomic E-state index is 0.0947. The molecule has 0 aromatic heterocycles. The van der Waals surface area contributed by atoms with E-state index in [1.54, 1.807) is 18.2 Å². The SMILES string of the molecule is NCCSCC(=O)Nc1ccc(Cl)cc1Cl. The van der Waals surface area contributed by atoms with Crippen molar-refractivity contribution in [3.8, 4) is 0 Å². The zero-order chi connectivity index (χ0) is 12.0. The van der Waals surface area contributed by atoms with Gasteiger partial charge in [-0.25, -0.2) is 0 Å². The lowest BCUT2D eigenvalue weighted by Gasteiger charge is -2.06. The summed E-state index contributed by atoms with van der Waals surface area (Å²) in [7, 11) is 0. The number of nitrogens with two attached hydrogens (primary N) is 1. The molecule has 1 aromatic carbocycles. The second kappa shape index (κ2) is 7.01. The van der Waals surface area contributed by atoms with Crippen molar-refractivity contribution in [3.05, 3.63) is 28.2 Å². The van der Waals surface area contributed by atoms with E-state index in [0.29, 0.717) is 28.0 Å². The molecule has 3 nitrogen and oxygen atoms in total. The second-order valence-corrected chi connectivity index (χ2v) is 4.96. The van der Waals surface area contributed by atoms with E-state index in [2.05, 4.69) is 5.32 Å². The Bertz CT molecular complexity index is 374. The summed E-state index contributed by atoms with van der Waals surface area (Å²) in [4.78, 5) is 11.5. The highest BCUT2D eigenvalue weighted by molar-refractivity contribution is 7.99. The van der Waals surface area contributed by atoms with Crippen LogP contribution in [0.2, 0.25) is 10.0 Å². The maximum atomic E-state index is 11.5. The molecule has 16 heavy (non-hydrogen) atoms. The van der Waals surface area contributed by atoms with Crippen LogP contribution in [0.3, 0.4) is 0 Å². The second-order valence-electron chi connectivity index (χ2n) is 3.01. The van der Waals surface area contributed by atoms with Crippen molar-refractivity contribution in [2.45, 2.75) is 0 Å². The Morgan fingerprint density at radius 2 is 2.19 bits per heavy atom. The minimum Gasteiger partial charge on any atom is -0.330 e. The maximum Gasteiger partial charge on any atom is 0.234 e. The van der Waals surface area contributed by atoms with Gasteiger partial charge in [0.25, 0.3) is 0 Å². The van der Waals surface area contributed by atoms with Crippen molar-refractivity contribution < 1.29 is 4.79 Å². The van der Waals surface area contributed by atoms with Crippen molar-refractivity contribution in [2.24, 2.45) is 5.73 Å². The molecule has 0 spiro atoms. The van der Waals surface area contributed by atoms with E-state index in [1.165, 1.54) is 11.8 Å². The number of thioether (sulfide) groups is 1. The monoisotopic (exact) mass is 278 g/mol. The first kappa shape index (κ1) is 13.6. The third-order valence-electron chi connectivity index (χ3n) is 1.70. The van der Waals surface area contributed by atoms with Gasteiger partial charge in [-0.3, -0.25) is 4.79 Å². The lowest BCUT2D eigenvalue weighted by Crippen LogP contribution is -2.15. The summed E-state index contributed by atoms with van der Waals surface area (Å²) >= 11 is 13.1. The van der Waals surface area contributed by atoms with E-state index in [1.807, 2.05) is 0 Å². The lowest BCUT2D eigenvalue weighted by molar-refractivity contribution is -0.113. The topological polar surface area (TPSA) is 55.1 Å². The normalized spacial score (nSPS) is 10.2. The van der Waals surface area contributed by atoms with Crippen LogP contribution in [-0.4, -0.2) is 24.0 Å². The highest BCUT2D eigenvalue weighted by atomic mass is 35.5. The molecule has 0 aliphatic heterocycles. The predicted molar refractivity (Wildman–Crippen MR) is 71.5 cm³/mol. The summed E-state index contributed by atoms with van der Waals surface area (Å²) < 4.78 is 0. The first-order valence-electron chi connectivity index (χ1n) is 4.66. The molecule has 3 N–H and O–H groups in total. The number of anilines is 1. The van der Waals surface area contributed by atoms with E-state index in [-0.39, 0.29) is 5.91 Å². The molecule has 0 bridgehead atoms. The summed E-state index contributed by atoms with van der Waals surface area (Å²) in [5.74, 6) is 1.04. The van der Waals surface area contributed by atoms with Gasteiger partial charge in [-0.2, -0.15) is 11.8 Å². The molecular formula is C10H12Cl2N2OS. The van der Waals surface area contributed by atoms with Gasteiger partial charge in [0.05, 0.1) is 16.5 Å². The van der Waals surface area contributed by atoms with E-state index in [0.717, 1.165) is 5.75 Å². The van der Waals surface area contributed by atoms with Gasteiger partial charge in [0, 0.05) is 17.3 Å². The molecule has 1 amide bonds. The molecule has 0 radical (unpaired) electrons. The number of benzene rings is 1. The van der Waals surface area contributed by atoms with Crippen LogP contribution in [0.15, 0.2) is 18.2 Å². The van der Waals surface area contributed by atoms with Crippen molar-refractivity contribution in [1.82, 2.24) is 0 Å². The van der Waals surface area contributed by atoms with E-state index in [9.17, 15) is 4.79 Å². The zero-order valence-corrected chi connectivity index (χ0v) is 10.8. The quantitative estimate of drug-likeness (QED) is 0.815. The summed E-state index contributed by atoms with van der Waals surface area (Å²) in [6.07, 6.45) is 0. The van der Waals surface area contributed by atoms with Crippen LogP contribution in [0.5, 0.6) is 0 Å². The standard InChI is InChI=1S/C10H12Cl2N2OS/c11-7-1-2-9(8(12)5-7)14-10(15)6-16-4-3-13/h1-2,5H,3-4,6,13H2,(H,14,15). The average molecular weight is 279 g/mol. The number of amides is 1. The Balaban J connectivity index is 2.49. The van der Waals surface area contributed by atoms with Crippen molar-refractivity contribution >= 4 is 46.6 Å². The molecule has 0 fully saturated rings. The van der Waals surface area contributed by atoms with Crippen LogP contribution in [0, 0.1) is 0 Å². The molecule has 0 saturated carbocycles. The smallest absolute Gasteiger partial charge is 0.234 e. The van der Waals surface area contributed by atoms with Gasteiger partial charge in [-0.05, 0) is 18.2 Å². The molecule has 0 aliphatic carbocycles. The van der Waals surface area contributed by atoms with Gasteiger partial charge in [-0.1, -0.05) is 23.2 Å². The molecule has 88 valence electrons. The fraction of sp³-hybridized carbons (Fsp3) is 0.300. The van der Waals surface area contributed by atoms with Gasteiger partial charge >= 0.3 is 0 Å². The van der Waals surface area contributed by atoms with E-state index in [4.69, 9.17) is 28.9 Å². The Hall–Kier alpha value is -0.420. The molecular weight excluding hydrogens is 267 g/mol. The van der Waals surface area contributed by atoms with Gasteiger partial charge in [0.15, 0.2) is 0 Å². The van der Waals surface area contributed by atoms with Crippen LogP contribution in [0.25, 0.3) is 0 Å². The molecule has 0 saturated heterocycles.